The Morgan fingerprint density at radius 3 is 2.43 bits per heavy atom. The molecule has 2 aromatic carbocycles. The topological polar surface area (TPSA) is 94.2 Å². The first-order valence-corrected chi connectivity index (χ1v) is 9.68. The van der Waals surface area contributed by atoms with E-state index in [4.69, 9.17) is 9.47 Å². The van der Waals surface area contributed by atoms with E-state index in [0.29, 0.717) is 28.3 Å². The first-order valence-electron chi connectivity index (χ1n) is 8.86. The van der Waals surface area contributed by atoms with Crippen molar-refractivity contribution in [1.29, 1.82) is 0 Å². The van der Waals surface area contributed by atoms with Gasteiger partial charge in [-0.15, -0.1) is 0 Å². The Balaban J connectivity index is 1.72. The third-order valence-electron chi connectivity index (χ3n) is 4.34. The number of amides is 2. The zero-order chi connectivity index (χ0) is 21.7. The molecule has 30 heavy (non-hydrogen) atoms. The highest BCUT2D eigenvalue weighted by Crippen LogP contribution is 2.35. The second kappa shape index (κ2) is 9.36. The molecule has 0 radical (unpaired) electrons. The average molecular weight is 428 g/mol. The normalized spacial score (nSPS) is 14.8. The number of ether oxygens (including phenoxy) is 3. The minimum Gasteiger partial charge on any atom is -0.497 e. The fourth-order valence-electron chi connectivity index (χ4n) is 2.74. The Morgan fingerprint density at radius 1 is 1.07 bits per heavy atom. The van der Waals surface area contributed by atoms with Crippen molar-refractivity contribution in [3.8, 4) is 11.5 Å². The SMILES string of the molecule is COC(=O)c1ccc(NCN2C(=O)S/C(=C/c3cc(OC)ccc3OC)C2=O)cc1. The molecular formula is C21H20N2O6S. The van der Waals surface area contributed by atoms with E-state index in [0.717, 1.165) is 16.7 Å². The molecule has 8 nitrogen and oxygen atoms in total. The highest BCUT2D eigenvalue weighted by molar-refractivity contribution is 8.18. The Labute approximate surface area is 177 Å². The number of carbonyl (C=O) groups is 3. The highest BCUT2D eigenvalue weighted by atomic mass is 32.2. The lowest BCUT2D eigenvalue weighted by atomic mass is 10.1. The molecule has 1 aliphatic heterocycles. The van der Waals surface area contributed by atoms with E-state index in [-0.39, 0.29) is 16.8 Å². The maximum Gasteiger partial charge on any atom is 0.337 e. The molecular weight excluding hydrogens is 408 g/mol. The number of rotatable bonds is 7. The van der Waals surface area contributed by atoms with E-state index >= 15 is 0 Å². The monoisotopic (exact) mass is 428 g/mol. The van der Waals surface area contributed by atoms with Gasteiger partial charge in [0.05, 0.1) is 38.5 Å². The Morgan fingerprint density at radius 2 is 1.80 bits per heavy atom. The van der Waals surface area contributed by atoms with Crippen LogP contribution in [0, 0.1) is 0 Å². The second-order valence-corrected chi connectivity index (χ2v) is 7.11. The van der Waals surface area contributed by atoms with Crippen molar-refractivity contribution < 1.29 is 28.6 Å². The summed E-state index contributed by atoms with van der Waals surface area (Å²) in [5.41, 5.74) is 1.69. The van der Waals surface area contributed by atoms with Crippen LogP contribution in [0.4, 0.5) is 10.5 Å². The van der Waals surface area contributed by atoms with Crippen molar-refractivity contribution in [2.24, 2.45) is 0 Å². The molecule has 3 rings (SSSR count). The minimum absolute atomic E-state index is 0.00514. The number of benzene rings is 2. The van der Waals surface area contributed by atoms with Crippen LogP contribution in [0.15, 0.2) is 47.4 Å². The number of thioether (sulfide) groups is 1. The van der Waals surface area contributed by atoms with Gasteiger partial charge in [-0.05, 0) is 60.3 Å². The summed E-state index contributed by atoms with van der Waals surface area (Å²) in [5.74, 6) is 0.323. The molecule has 2 aromatic rings. The van der Waals surface area contributed by atoms with Gasteiger partial charge in [-0.25, -0.2) is 4.79 Å². The van der Waals surface area contributed by atoms with Crippen molar-refractivity contribution in [2.45, 2.75) is 0 Å². The predicted molar refractivity (Wildman–Crippen MR) is 114 cm³/mol. The van der Waals surface area contributed by atoms with E-state index < -0.39 is 11.9 Å². The summed E-state index contributed by atoms with van der Waals surface area (Å²) in [6.07, 6.45) is 1.61. The van der Waals surface area contributed by atoms with Gasteiger partial charge in [0.2, 0.25) is 0 Å². The summed E-state index contributed by atoms with van der Waals surface area (Å²) in [5, 5.41) is 2.62. The summed E-state index contributed by atoms with van der Waals surface area (Å²) in [4.78, 5) is 37.9. The summed E-state index contributed by atoms with van der Waals surface area (Å²) in [6.45, 7) is -0.00514. The van der Waals surface area contributed by atoms with E-state index in [1.54, 1.807) is 55.7 Å². The first-order chi connectivity index (χ1) is 14.5. The van der Waals surface area contributed by atoms with Crippen LogP contribution in [0.25, 0.3) is 6.08 Å². The molecule has 2 amide bonds. The van der Waals surface area contributed by atoms with Gasteiger partial charge in [0.25, 0.3) is 11.1 Å². The molecule has 1 heterocycles. The van der Waals surface area contributed by atoms with Crippen molar-refractivity contribution in [3.05, 3.63) is 58.5 Å². The van der Waals surface area contributed by atoms with Gasteiger partial charge in [0.1, 0.15) is 11.5 Å². The van der Waals surface area contributed by atoms with Gasteiger partial charge in [-0.2, -0.15) is 0 Å². The lowest BCUT2D eigenvalue weighted by molar-refractivity contribution is -0.122. The van der Waals surface area contributed by atoms with Gasteiger partial charge in [-0.1, -0.05) is 0 Å². The molecule has 1 saturated heterocycles. The molecule has 156 valence electrons. The molecule has 0 aliphatic carbocycles. The fourth-order valence-corrected chi connectivity index (χ4v) is 3.57. The second-order valence-electron chi connectivity index (χ2n) is 6.12. The number of esters is 1. The van der Waals surface area contributed by atoms with E-state index in [2.05, 4.69) is 10.1 Å². The fraction of sp³-hybridized carbons (Fsp3) is 0.190. The number of hydrogen-bond acceptors (Lipinski definition) is 8. The first kappa shape index (κ1) is 21.3. The molecule has 1 N–H and O–H groups in total. The molecule has 0 atom stereocenters. The summed E-state index contributed by atoms with van der Waals surface area (Å²) < 4.78 is 15.2. The van der Waals surface area contributed by atoms with Crippen molar-refractivity contribution in [2.75, 3.05) is 33.3 Å². The van der Waals surface area contributed by atoms with Crippen LogP contribution in [0.1, 0.15) is 15.9 Å². The van der Waals surface area contributed by atoms with Crippen LogP contribution in [-0.2, 0) is 9.53 Å². The molecule has 0 spiro atoms. The number of methoxy groups -OCH3 is 3. The summed E-state index contributed by atoms with van der Waals surface area (Å²) >= 11 is 0.855. The Hall–Kier alpha value is -3.46. The van der Waals surface area contributed by atoms with Crippen molar-refractivity contribution in [1.82, 2.24) is 4.90 Å². The third-order valence-corrected chi connectivity index (χ3v) is 5.25. The predicted octanol–water partition coefficient (Wildman–Crippen LogP) is 3.60. The van der Waals surface area contributed by atoms with Crippen LogP contribution < -0.4 is 14.8 Å². The molecule has 0 saturated carbocycles. The summed E-state index contributed by atoms with van der Waals surface area (Å²) in [6, 6.07) is 11.7. The smallest absolute Gasteiger partial charge is 0.337 e. The van der Waals surface area contributed by atoms with Gasteiger partial charge in [0, 0.05) is 11.3 Å². The Bertz CT molecular complexity index is 1000. The number of imide groups is 1. The number of nitrogens with zero attached hydrogens (tertiary/aromatic N) is 1. The minimum atomic E-state index is -0.439. The number of anilines is 1. The zero-order valence-corrected chi connectivity index (χ0v) is 17.4. The highest BCUT2D eigenvalue weighted by Gasteiger charge is 2.35. The van der Waals surface area contributed by atoms with Crippen LogP contribution in [-0.4, -0.2) is 50.0 Å². The summed E-state index contributed by atoms with van der Waals surface area (Å²) in [7, 11) is 4.38. The van der Waals surface area contributed by atoms with Crippen LogP contribution in [0.3, 0.4) is 0 Å². The zero-order valence-electron chi connectivity index (χ0n) is 16.6. The lowest BCUT2D eigenvalue weighted by Crippen LogP contribution is -2.33. The van der Waals surface area contributed by atoms with Crippen LogP contribution in [0.2, 0.25) is 0 Å². The largest absolute Gasteiger partial charge is 0.497 e. The van der Waals surface area contributed by atoms with Crippen molar-refractivity contribution >= 4 is 40.6 Å². The van der Waals surface area contributed by atoms with E-state index in [1.807, 2.05) is 0 Å². The molecule has 0 aromatic heterocycles. The van der Waals surface area contributed by atoms with E-state index in [1.165, 1.54) is 14.2 Å². The van der Waals surface area contributed by atoms with Gasteiger partial charge in [-0.3, -0.25) is 14.5 Å². The molecule has 0 unspecified atom stereocenters. The Kier molecular flexibility index (Phi) is 6.63. The number of hydrogen-bond donors (Lipinski definition) is 1. The molecule has 1 aliphatic rings. The van der Waals surface area contributed by atoms with Gasteiger partial charge < -0.3 is 19.5 Å². The lowest BCUT2D eigenvalue weighted by Gasteiger charge is -2.14. The number of nitrogens with one attached hydrogen (secondary N) is 1. The quantitative estimate of drug-likeness (QED) is 0.528. The molecule has 9 heteroatoms. The third kappa shape index (κ3) is 4.57. The number of carbonyl (C=O) groups excluding carboxylic acids is 3. The van der Waals surface area contributed by atoms with Crippen LogP contribution >= 0.6 is 11.8 Å². The van der Waals surface area contributed by atoms with Crippen LogP contribution in [0.5, 0.6) is 11.5 Å². The average Bonchev–Trinajstić information content (AvgIpc) is 3.04. The molecule has 0 bridgehead atoms. The van der Waals surface area contributed by atoms with Crippen molar-refractivity contribution in [3.63, 3.8) is 0 Å². The maximum absolute atomic E-state index is 12.7. The van der Waals surface area contributed by atoms with Gasteiger partial charge >= 0.3 is 5.97 Å². The standard InChI is InChI=1S/C21H20N2O6S/c1-27-16-8-9-17(28-2)14(10-16)11-18-19(24)23(21(26)30-18)12-22-15-6-4-13(5-7-15)20(25)29-3/h4-11,22H,12H2,1-3H3/b18-11+. The van der Waals surface area contributed by atoms with E-state index in [9.17, 15) is 14.4 Å². The maximum atomic E-state index is 12.7. The molecule has 1 fully saturated rings. The van der Waals surface area contributed by atoms with Gasteiger partial charge in [0.15, 0.2) is 0 Å².